The number of hydrogen-bond acceptors (Lipinski definition) is 5. The van der Waals surface area contributed by atoms with E-state index in [0.29, 0.717) is 18.2 Å². The fraction of sp³-hybridized carbons (Fsp3) is 0.294. The van der Waals surface area contributed by atoms with Crippen LogP contribution in [-0.2, 0) is 4.79 Å². The smallest absolute Gasteiger partial charge is 0.324 e. The lowest BCUT2D eigenvalue weighted by atomic mass is 10.1. The van der Waals surface area contributed by atoms with Crippen LogP contribution in [0.2, 0.25) is 0 Å². The molecule has 2 heterocycles. The summed E-state index contributed by atoms with van der Waals surface area (Å²) in [4.78, 5) is 34.2. The van der Waals surface area contributed by atoms with Crippen molar-refractivity contribution in [3.8, 4) is 11.3 Å². The van der Waals surface area contributed by atoms with E-state index in [1.165, 1.54) is 16.7 Å². The van der Waals surface area contributed by atoms with E-state index >= 15 is 0 Å². The van der Waals surface area contributed by atoms with Crippen molar-refractivity contribution in [1.82, 2.24) is 20.2 Å². The predicted octanol–water partition coefficient (Wildman–Crippen LogP) is 2.48. The molecule has 24 heavy (non-hydrogen) atoms. The Hall–Kier alpha value is -2.41. The summed E-state index contributed by atoms with van der Waals surface area (Å²) in [6, 6.07) is 11.4. The number of carbonyl (C=O) groups excluding carboxylic acids is 2. The largest absolute Gasteiger partial charge is 0.336 e. The van der Waals surface area contributed by atoms with Crippen LogP contribution in [0.15, 0.2) is 41.6 Å². The van der Waals surface area contributed by atoms with Gasteiger partial charge in [0, 0.05) is 24.3 Å². The van der Waals surface area contributed by atoms with Crippen LogP contribution in [0, 0.1) is 6.92 Å². The molecule has 3 rings (SSSR count). The van der Waals surface area contributed by atoms with Crippen LogP contribution in [0.1, 0.15) is 12.6 Å². The molecule has 1 fully saturated rings. The number of carbonyl (C=O) groups is 2. The molecule has 0 bridgehead atoms. The van der Waals surface area contributed by atoms with Crippen molar-refractivity contribution in [1.29, 1.82) is 0 Å². The van der Waals surface area contributed by atoms with E-state index in [4.69, 9.17) is 0 Å². The summed E-state index contributed by atoms with van der Waals surface area (Å²) < 4.78 is 0. The molecule has 1 aromatic heterocycles. The average molecular weight is 342 g/mol. The van der Waals surface area contributed by atoms with Crippen molar-refractivity contribution in [2.75, 3.05) is 13.1 Å². The molecule has 7 heteroatoms. The minimum Gasteiger partial charge on any atom is -0.336 e. The van der Waals surface area contributed by atoms with Gasteiger partial charge >= 0.3 is 6.03 Å². The molecular formula is C17H18N4O2S. The number of nitrogens with zero attached hydrogens (tertiary/aromatic N) is 3. The number of aromatic nitrogens is 2. The molecule has 1 N–H and O–H groups in total. The van der Waals surface area contributed by atoms with Gasteiger partial charge < -0.3 is 5.32 Å². The van der Waals surface area contributed by atoms with Crippen molar-refractivity contribution in [3.05, 3.63) is 42.1 Å². The highest BCUT2D eigenvalue weighted by molar-refractivity contribution is 8.00. The standard InChI is InChI=1S/C17H18N4O2S/c1-11-10-14(13-6-4-3-5-7-13)20-16(19-11)24-12(2)15(22)21-9-8-18-17(21)23/h3-7,10,12H,8-9H2,1-2H3,(H,18,23). The van der Waals surface area contributed by atoms with Crippen LogP contribution in [-0.4, -0.2) is 45.1 Å². The van der Waals surface area contributed by atoms with Crippen LogP contribution < -0.4 is 5.32 Å². The fourth-order valence-electron chi connectivity index (χ4n) is 2.46. The summed E-state index contributed by atoms with van der Waals surface area (Å²) in [7, 11) is 0. The van der Waals surface area contributed by atoms with Gasteiger partial charge in [0.15, 0.2) is 5.16 Å². The summed E-state index contributed by atoms with van der Waals surface area (Å²) in [6.45, 7) is 4.58. The lowest BCUT2D eigenvalue weighted by molar-refractivity contribution is -0.126. The lowest BCUT2D eigenvalue weighted by Gasteiger charge is -2.17. The second-order valence-corrected chi connectivity index (χ2v) is 6.83. The van der Waals surface area contributed by atoms with Gasteiger partial charge in [-0.2, -0.15) is 0 Å². The Balaban J connectivity index is 1.78. The van der Waals surface area contributed by atoms with Crippen LogP contribution >= 0.6 is 11.8 Å². The Morgan fingerprint density at radius 3 is 2.71 bits per heavy atom. The van der Waals surface area contributed by atoms with Gasteiger partial charge in [0.25, 0.3) is 0 Å². The van der Waals surface area contributed by atoms with E-state index in [0.717, 1.165) is 17.0 Å². The number of rotatable bonds is 4. The number of thioether (sulfide) groups is 1. The van der Waals surface area contributed by atoms with Crippen LogP contribution in [0.3, 0.4) is 0 Å². The fourth-order valence-corrected chi connectivity index (χ4v) is 3.35. The average Bonchev–Trinajstić information content (AvgIpc) is 3.00. The van der Waals surface area contributed by atoms with Gasteiger partial charge in [0.2, 0.25) is 5.91 Å². The Bertz CT molecular complexity index is 766. The first kappa shape index (κ1) is 16.4. The third-order valence-corrected chi connectivity index (χ3v) is 4.60. The maximum absolute atomic E-state index is 12.4. The molecule has 124 valence electrons. The zero-order chi connectivity index (χ0) is 17.1. The number of hydrogen-bond donors (Lipinski definition) is 1. The van der Waals surface area contributed by atoms with Crippen molar-refractivity contribution >= 4 is 23.7 Å². The van der Waals surface area contributed by atoms with Crippen LogP contribution in [0.5, 0.6) is 0 Å². The minimum absolute atomic E-state index is 0.221. The number of nitrogens with one attached hydrogen (secondary N) is 1. The van der Waals surface area contributed by atoms with Gasteiger partial charge in [-0.3, -0.25) is 9.69 Å². The van der Waals surface area contributed by atoms with Crippen molar-refractivity contribution in [3.63, 3.8) is 0 Å². The zero-order valence-corrected chi connectivity index (χ0v) is 14.3. The summed E-state index contributed by atoms with van der Waals surface area (Å²) in [6.07, 6.45) is 0. The number of amides is 3. The second-order valence-electron chi connectivity index (χ2n) is 5.53. The van der Waals surface area contributed by atoms with Crippen molar-refractivity contribution in [2.24, 2.45) is 0 Å². The summed E-state index contributed by atoms with van der Waals surface area (Å²) >= 11 is 1.27. The summed E-state index contributed by atoms with van der Waals surface area (Å²) in [5, 5.41) is 2.74. The first-order valence-corrected chi connectivity index (χ1v) is 8.59. The molecular weight excluding hydrogens is 324 g/mol. The molecule has 1 aliphatic rings. The Morgan fingerprint density at radius 1 is 1.29 bits per heavy atom. The predicted molar refractivity (Wildman–Crippen MR) is 92.6 cm³/mol. The molecule has 1 saturated heterocycles. The van der Waals surface area contributed by atoms with Gasteiger partial charge in [-0.15, -0.1) is 0 Å². The number of aryl methyl sites for hydroxylation is 1. The number of imide groups is 1. The topological polar surface area (TPSA) is 75.2 Å². The molecule has 3 amide bonds. The SMILES string of the molecule is Cc1cc(-c2ccccc2)nc(SC(C)C(=O)N2CCNC2=O)n1. The summed E-state index contributed by atoms with van der Waals surface area (Å²) in [5.41, 5.74) is 2.66. The molecule has 2 aromatic rings. The first-order valence-electron chi connectivity index (χ1n) is 7.71. The van der Waals surface area contributed by atoms with Gasteiger partial charge in [-0.1, -0.05) is 42.1 Å². The molecule has 0 aliphatic carbocycles. The van der Waals surface area contributed by atoms with Crippen molar-refractivity contribution in [2.45, 2.75) is 24.3 Å². The highest BCUT2D eigenvalue weighted by atomic mass is 32.2. The van der Waals surface area contributed by atoms with Gasteiger partial charge in [-0.25, -0.2) is 14.8 Å². The molecule has 6 nitrogen and oxygen atoms in total. The molecule has 0 saturated carbocycles. The van der Waals surface area contributed by atoms with E-state index in [1.807, 2.05) is 43.3 Å². The van der Waals surface area contributed by atoms with Gasteiger partial charge in [-0.05, 0) is 19.9 Å². The minimum atomic E-state index is -0.431. The number of urea groups is 1. The molecule has 1 unspecified atom stereocenters. The zero-order valence-electron chi connectivity index (χ0n) is 13.5. The monoisotopic (exact) mass is 342 g/mol. The molecule has 1 aliphatic heterocycles. The summed E-state index contributed by atoms with van der Waals surface area (Å²) in [5.74, 6) is -0.221. The second kappa shape index (κ2) is 7.00. The highest BCUT2D eigenvalue weighted by Crippen LogP contribution is 2.25. The van der Waals surface area contributed by atoms with E-state index in [1.54, 1.807) is 6.92 Å². The van der Waals surface area contributed by atoms with E-state index < -0.39 is 5.25 Å². The van der Waals surface area contributed by atoms with Gasteiger partial charge in [0.05, 0.1) is 10.9 Å². The molecule has 0 radical (unpaired) electrons. The van der Waals surface area contributed by atoms with Crippen molar-refractivity contribution < 1.29 is 9.59 Å². The lowest BCUT2D eigenvalue weighted by Crippen LogP contribution is -2.39. The quantitative estimate of drug-likeness (QED) is 0.682. The molecule has 0 spiro atoms. The maximum Gasteiger partial charge on any atom is 0.324 e. The first-order chi connectivity index (χ1) is 11.5. The number of benzene rings is 1. The highest BCUT2D eigenvalue weighted by Gasteiger charge is 2.30. The van der Waals surface area contributed by atoms with Crippen LogP contribution in [0.4, 0.5) is 4.79 Å². The Labute approximate surface area is 144 Å². The third kappa shape index (κ3) is 3.56. The van der Waals surface area contributed by atoms with E-state index in [-0.39, 0.29) is 11.9 Å². The Morgan fingerprint density at radius 2 is 2.04 bits per heavy atom. The maximum atomic E-state index is 12.4. The molecule has 1 aromatic carbocycles. The van der Waals surface area contributed by atoms with E-state index in [9.17, 15) is 9.59 Å². The van der Waals surface area contributed by atoms with Crippen LogP contribution in [0.25, 0.3) is 11.3 Å². The molecule has 1 atom stereocenters. The third-order valence-electron chi connectivity index (χ3n) is 3.66. The normalized spacial score (nSPS) is 15.2. The Kier molecular flexibility index (Phi) is 4.80. The van der Waals surface area contributed by atoms with Gasteiger partial charge in [0.1, 0.15) is 0 Å². The van der Waals surface area contributed by atoms with E-state index in [2.05, 4.69) is 15.3 Å².